The molecule has 0 bridgehead atoms. The number of hydrogen-bond donors (Lipinski definition) is 2. The van der Waals surface area contributed by atoms with Crippen LogP contribution in [0.4, 0.5) is 0 Å². The van der Waals surface area contributed by atoms with Crippen molar-refractivity contribution in [2.75, 3.05) is 6.61 Å². The molecule has 1 aromatic heterocycles. The Morgan fingerprint density at radius 1 is 1.00 bits per heavy atom. The first kappa shape index (κ1) is 22.2. The maximum atomic E-state index is 12.8. The van der Waals surface area contributed by atoms with Gasteiger partial charge in [0.05, 0.1) is 5.69 Å². The third-order valence-corrected chi connectivity index (χ3v) is 5.26. The zero-order chi connectivity index (χ0) is 21.5. The van der Waals surface area contributed by atoms with Crippen LogP contribution in [0.15, 0.2) is 59.4 Å². The summed E-state index contributed by atoms with van der Waals surface area (Å²) in [6.45, 7) is -0.104. The molecule has 0 amide bonds. The van der Waals surface area contributed by atoms with Crippen molar-refractivity contribution in [3.63, 3.8) is 0 Å². The Balaban J connectivity index is 1.85. The van der Waals surface area contributed by atoms with Crippen LogP contribution in [0.25, 0.3) is 0 Å². The number of hydrogen-bond acceptors (Lipinski definition) is 4. The van der Waals surface area contributed by atoms with Gasteiger partial charge in [0.2, 0.25) is 0 Å². The van der Waals surface area contributed by atoms with Gasteiger partial charge in [0.1, 0.15) is 11.6 Å². The molecule has 3 rings (SSSR count). The lowest BCUT2D eigenvalue weighted by Gasteiger charge is -2.17. The number of rotatable bonds is 9. The fourth-order valence-electron chi connectivity index (χ4n) is 3.31. The first-order valence-electron chi connectivity index (χ1n) is 9.64. The van der Waals surface area contributed by atoms with Gasteiger partial charge in [-0.2, -0.15) is 0 Å². The number of aromatic nitrogens is 2. The van der Waals surface area contributed by atoms with Crippen LogP contribution < -0.4 is 5.56 Å². The average molecular weight is 445 g/mol. The van der Waals surface area contributed by atoms with E-state index in [4.69, 9.17) is 23.2 Å². The number of carbonyl (C=O) groups excluding carboxylic acids is 1. The van der Waals surface area contributed by atoms with Gasteiger partial charge in [-0.3, -0.25) is 9.59 Å². The van der Waals surface area contributed by atoms with Crippen LogP contribution in [0.1, 0.15) is 35.0 Å². The lowest BCUT2D eigenvalue weighted by Crippen LogP contribution is -2.20. The van der Waals surface area contributed by atoms with Crippen molar-refractivity contribution >= 4 is 29.0 Å². The minimum absolute atomic E-state index is 0.0338. The quantitative estimate of drug-likeness (QED) is 0.519. The van der Waals surface area contributed by atoms with E-state index >= 15 is 0 Å². The number of ketones is 1. The minimum atomic E-state index is -0.308. The third-order valence-electron chi connectivity index (χ3n) is 4.75. The first-order valence-corrected chi connectivity index (χ1v) is 10.4. The molecule has 0 radical (unpaired) electrons. The molecule has 1 heterocycles. The summed E-state index contributed by atoms with van der Waals surface area (Å²) >= 11 is 11.9. The molecule has 5 nitrogen and oxygen atoms in total. The van der Waals surface area contributed by atoms with Crippen molar-refractivity contribution in [2.24, 2.45) is 0 Å². The second-order valence-corrected chi connectivity index (χ2v) is 8.04. The Labute approximate surface area is 184 Å². The Hall–Kier alpha value is -2.47. The SMILES string of the molecule is O=C(Cc1ccc(Cl)cc1)C[C@@H](Cc1ccc(Cl)cc1)c1nc(CCO)cc(=O)[nH]1. The molecule has 0 spiro atoms. The van der Waals surface area contributed by atoms with E-state index in [2.05, 4.69) is 9.97 Å². The average Bonchev–Trinajstić information content (AvgIpc) is 2.71. The summed E-state index contributed by atoms with van der Waals surface area (Å²) in [5.74, 6) is 0.175. The lowest BCUT2D eigenvalue weighted by molar-refractivity contribution is -0.118. The Bertz CT molecular complexity index is 1050. The highest BCUT2D eigenvalue weighted by atomic mass is 35.5. The van der Waals surface area contributed by atoms with Gasteiger partial charge in [0.15, 0.2) is 0 Å². The summed E-state index contributed by atoms with van der Waals surface area (Å²) in [4.78, 5) is 32.2. The summed E-state index contributed by atoms with van der Waals surface area (Å²) in [5.41, 5.74) is 2.07. The summed E-state index contributed by atoms with van der Waals surface area (Å²) < 4.78 is 0. The summed E-state index contributed by atoms with van der Waals surface area (Å²) in [5, 5.41) is 10.5. The van der Waals surface area contributed by atoms with E-state index < -0.39 is 0 Å². The van der Waals surface area contributed by atoms with Gasteiger partial charge in [-0.25, -0.2) is 4.98 Å². The molecule has 3 aromatic rings. The van der Waals surface area contributed by atoms with Gasteiger partial charge in [0.25, 0.3) is 5.56 Å². The number of aliphatic hydroxyl groups is 1. The Morgan fingerprint density at radius 3 is 2.20 bits per heavy atom. The Morgan fingerprint density at radius 2 is 1.60 bits per heavy atom. The minimum Gasteiger partial charge on any atom is -0.396 e. The van der Waals surface area contributed by atoms with Gasteiger partial charge in [0, 0.05) is 47.9 Å². The zero-order valence-corrected chi connectivity index (χ0v) is 17.8. The van der Waals surface area contributed by atoms with Crippen molar-refractivity contribution in [1.29, 1.82) is 0 Å². The number of benzene rings is 2. The molecule has 0 fully saturated rings. The molecule has 2 N–H and O–H groups in total. The standard InChI is InChI=1S/C23H22Cl2N2O3/c24-18-5-1-15(2-6-18)11-17(23-26-20(9-10-28)14-22(30)27-23)13-21(29)12-16-3-7-19(25)8-4-16/h1-8,14,17,28H,9-13H2,(H,26,27,30)/t17-/m1/s1. The number of aliphatic hydroxyl groups excluding tert-OH is 1. The van der Waals surface area contributed by atoms with Crippen molar-refractivity contribution in [2.45, 2.75) is 31.6 Å². The fraction of sp³-hybridized carbons (Fsp3) is 0.261. The first-order chi connectivity index (χ1) is 14.4. The topological polar surface area (TPSA) is 83.0 Å². The van der Waals surface area contributed by atoms with E-state index in [1.807, 2.05) is 24.3 Å². The normalized spacial score (nSPS) is 12.0. The number of carbonyl (C=O) groups is 1. The van der Waals surface area contributed by atoms with Crippen LogP contribution in [0, 0.1) is 0 Å². The fourth-order valence-corrected chi connectivity index (χ4v) is 3.56. The van der Waals surface area contributed by atoms with Gasteiger partial charge in [-0.15, -0.1) is 0 Å². The maximum absolute atomic E-state index is 12.8. The Kier molecular flexibility index (Phi) is 7.80. The largest absolute Gasteiger partial charge is 0.396 e. The van der Waals surface area contributed by atoms with Crippen LogP contribution in [-0.2, 0) is 24.1 Å². The second-order valence-electron chi connectivity index (χ2n) is 7.17. The van der Waals surface area contributed by atoms with Gasteiger partial charge >= 0.3 is 0 Å². The molecular weight excluding hydrogens is 423 g/mol. The van der Waals surface area contributed by atoms with E-state index in [-0.39, 0.29) is 43.1 Å². The summed E-state index contributed by atoms with van der Waals surface area (Å²) in [6.07, 6.45) is 1.30. The van der Waals surface area contributed by atoms with Crippen molar-refractivity contribution in [3.8, 4) is 0 Å². The number of Topliss-reactive ketones (excluding diaryl/α,β-unsaturated/α-hetero) is 1. The molecule has 156 valence electrons. The molecule has 0 unspecified atom stereocenters. The summed E-state index contributed by atoms with van der Waals surface area (Å²) in [6, 6.07) is 15.9. The predicted molar refractivity (Wildman–Crippen MR) is 118 cm³/mol. The van der Waals surface area contributed by atoms with E-state index in [1.165, 1.54) is 6.07 Å². The summed E-state index contributed by atoms with van der Waals surface area (Å²) in [7, 11) is 0. The van der Waals surface area contributed by atoms with Crippen LogP contribution in [0.3, 0.4) is 0 Å². The van der Waals surface area contributed by atoms with Crippen LogP contribution >= 0.6 is 23.2 Å². The van der Waals surface area contributed by atoms with Crippen LogP contribution in [0.2, 0.25) is 10.0 Å². The van der Waals surface area contributed by atoms with Crippen molar-refractivity contribution < 1.29 is 9.90 Å². The van der Waals surface area contributed by atoms with Gasteiger partial charge in [-0.05, 0) is 41.8 Å². The maximum Gasteiger partial charge on any atom is 0.251 e. The zero-order valence-electron chi connectivity index (χ0n) is 16.3. The molecule has 2 aromatic carbocycles. The van der Waals surface area contributed by atoms with Gasteiger partial charge in [-0.1, -0.05) is 47.5 Å². The molecule has 0 aliphatic heterocycles. The van der Waals surface area contributed by atoms with Crippen molar-refractivity contribution in [1.82, 2.24) is 9.97 Å². The lowest BCUT2D eigenvalue weighted by atomic mass is 9.91. The van der Waals surface area contributed by atoms with E-state index in [0.29, 0.717) is 28.0 Å². The highest BCUT2D eigenvalue weighted by Crippen LogP contribution is 2.24. The van der Waals surface area contributed by atoms with Gasteiger partial charge < -0.3 is 10.1 Å². The number of nitrogens with zero attached hydrogens (tertiary/aromatic N) is 1. The van der Waals surface area contributed by atoms with E-state index in [9.17, 15) is 14.7 Å². The number of nitrogens with one attached hydrogen (secondary N) is 1. The smallest absolute Gasteiger partial charge is 0.251 e. The van der Waals surface area contributed by atoms with Crippen LogP contribution in [0.5, 0.6) is 0 Å². The predicted octanol–water partition coefficient (Wildman–Crippen LogP) is 4.14. The molecule has 0 saturated heterocycles. The molecular formula is C23H22Cl2N2O3. The molecule has 0 aliphatic rings. The van der Waals surface area contributed by atoms with E-state index in [0.717, 1.165) is 11.1 Å². The third kappa shape index (κ3) is 6.52. The molecule has 0 aliphatic carbocycles. The van der Waals surface area contributed by atoms with Crippen molar-refractivity contribution in [3.05, 3.63) is 97.6 Å². The van der Waals surface area contributed by atoms with E-state index in [1.54, 1.807) is 24.3 Å². The molecule has 30 heavy (non-hydrogen) atoms. The monoisotopic (exact) mass is 444 g/mol. The molecule has 7 heteroatoms. The second kappa shape index (κ2) is 10.5. The molecule has 1 atom stereocenters. The number of halogens is 2. The highest BCUT2D eigenvalue weighted by molar-refractivity contribution is 6.30. The van der Waals surface area contributed by atoms with Crippen LogP contribution in [-0.4, -0.2) is 27.5 Å². The highest BCUT2D eigenvalue weighted by Gasteiger charge is 2.20. The number of H-pyrrole nitrogens is 1. The molecule has 0 saturated carbocycles. The number of aromatic amines is 1.